The monoisotopic (exact) mass is 509 g/mol. The predicted molar refractivity (Wildman–Crippen MR) is 138 cm³/mol. The zero-order valence-electron chi connectivity index (χ0n) is 20.2. The number of esters is 1. The number of hydrogen-bond acceptors (Lipinski definition) is 6. The number of amides is 1. The third-order valence-electron chi connectivity index (χ3n) is 6.25. The molecule has 1 atom stereocenters. The Labute approximate surface area is 214 Å². The minimum atomic E-state index is -1.15. The van der Waals surface area contributed by atoms with E-state index in [9.17, 15) is 19.5 Å². The largest absolute Gasteiger partial charge is 0.478 e. The van der Waals surface area contributed by atoms with Gasteiger partial charge in [0.1, 0.15) is 0 Å². The van der Waals surface area contributed by atoms with Crippen LogP contribution in [-0.4, -0.2) is 52.0 Å². The quantitative estimate of drug-likeness (QED) is 0.414. The topological polar surface area (TPSA) is 109 Å². The van der Waals surface area contributed by atoms with Crippen LogP contribution in [0.25, 0.3) is 10.9 Å². The maximum Gasteiger partial charge on any atom is 0.340 e. The number of rotatable bonds is 8. The van der Waals surface area contributed by atoms with E-state index in [1.165, 1.54) is 18.2 Å². The molecule has 9 heteroatoms. The van der Waals surface area contributed by atoms with Gasteiger partial charge in [-0.25, -0.2) is 9.59 Å². The standard InChI is InChI=1S/C27H28ClN3O5/c1-3-12-31-13-11-21-18(15-31)24(17-7-5-6-8-20(17)29-21)27(35)36-23(4-2)25(32)30-22-14-16(26(33)34)9-10-19(22)28/h5-10,14,23H,3-4,11-13,15H2,1-2H3,(H,30,32)(H,33,34). The van der Waals surface area contributed by atoms with E-state index < -0.39 is 23.9 Å². The molecule has 36 heavy (non-hydrogen) atoms. The van der Waals surface area contributed by atoms with E-state index in [2.05, 4.69) is 17.1 Å². The Morgan fingerprint density at radius 2 is 1.97 bits per heavy atom. The normalized spacial score (nSPS) is 14.2. The summed E-state index contributed by atoms with van der Waals surface area (Å²) in [5.74, 6) is -2.32. The summed E-state index contributed by atoms with van der Waals surface area (Å²) < 4.78 is 5.75. The Morgan fingerprint density at radius 3 is 2.69 bits per heavy atom. The minimum absolute atomic E-state index is 0.0220. The number of carboxylic acid groups (broad SMARTS) is 1. The number of aromatic nitrogens is 1. The number of benzene rings is 2. The Bertz CT molecular complexity index is 1330. The van der Waals surface area contributed by atoms with Crippen LogP contribution in [0.15, 0.2) is 42.5 Å². The number of aromatic carboxylic acids is 1. The van der Waals surface area contributed by atoms with Crippen molar-refractivity contribution < 1.29 is 24.2 Å². The van der Waals surface area contributed by atoms with Gasteiger partial charge in [0.25, 0.3) is 5.91 Å². The summed E-state index contributed by atoms with van der Waals surface area (Å²) >= 11 is 6.15. The second-order valence-corrected chi connectivity index (χ2v) is 9.15. The Balaban J connectivity index is 1.63. The van der Waals surface area contributed by atoms with Gasteiger partial charge in [0, 0.05) is 36.2 Å². The van der Waals surface area contributed by atoms with Crippen molar-refractivity contribution in [2.75, 3.05) is 18.4 Å². The van der Waals surface area contributed by atoms with Gasteiger partial charge in [0.2, 0.25) is 0 Å². The first-order valence-corrected chi connectivity index (χ1v) is 12.4. The molecule has 1 aromatic heterocycles. The van der Waals surface area contributed by atoms with Crippen molar-refractivity contribution >= 4 is 46.0 Å². The molecule has 1 aliphatic heterocycles. The molecule has 0 bridgehead atoms. The number of anilines is 1. The number of carbonyl (C=O) groups excluding carboxylic acids is 2. The molecule has 0 spiro atoms. The first kappa shape index (κ1) is 25.6. The zero-order chi connectivity index (χ0) is 25.8. The second-order valence-electron chi connectivity index (χ2n) is 8.75. The smallest absolute Gasteiger partial charge is 0.340 e. The molecule has 188 valence electrons. The number of ether oxygens (including phenoxy) is 1. The summed E-state index contributed by atoms with van der Waals surface area (Å²) in [6.45, 7) is 6.22. The van der Waals surface area contributed by atoms with Crippen molar-refractivity contribution in [1.82, 2.24) is 9.88 Å². The molecule has 2 N–H and O–H groups in total. The fourth-order valence-electron chi connectivity index (χ4n) is 4.46. The molecule has 0 radical (unpaired) electrons. The van der Waals surface area contributed by atoms with E-state index in [1.54, 1.807) is 6.92 Å². The number of nitrogens with zero attached hydrogens (tertiary/aromatic N) is 2. The molecule has 0 aliphatic carbocycles. The van der Waals surface area contributed by atoms with Crippen molar-refractivity contribution in [3.63, 3.8) is 0 Å². The first-order valence-electron chi connectivity index (χ1n) is 12.0. The van der Waals surface area contributed by atoms with Gasteiger partial charge in [-0.15, -0.1) is 0 Å². The molecular weight excluding hydrogens is 482 g/mol. The molecule has 4 rings (SSSR count). The first-order chi connectivity index (χ1) is 17.3. The van der Waals surface area contributed by atoms with E-state index in [0.29, 0.717) is 23.0 Å². The van der Waals surface area contributed by atoms with Crippen molar-refractivity contribution in [3.05, 3.63) is 69.9 Å². The van der Waals surface area contributed by atoms with Crippen LogP contribution >= 0.6 is 11.6 Å². The molecular formula is C27H28ClN3O5. The molecule has 0 saturated carbocycles. The lowest BCUT2D eigenvalue weighted by Crippen LogP contribution is -2.35. The molecule has 2 aromatic carbocycles. The van der Waals surface area contributed by atoms with Gasteiger partial charge in [-0.2, -0.15) is 0 Å². The van der Waals surface area contributed by atoms with Gasteiger partial charge in [0.15, 0.2) is 6.10 Å². The highest BCUT2D eigenvalue weighted by Crippen LogP contribution is 2.30. The third-order valence-corrected chi connectivity index (χ3v) is 6.58. The predicted octanol–water partition coefficient (Wildman–Crippen LogP) is 4.93. The van der Waals surface area contributed by atoms with E-state index in [1.807, 2.05) is 24.3 Å². The van der Waals surface area contributed by atoms with Crippen LogP contribution in [0, 0.1) is 0 Å². The average Bonchev–Trinajstić information content (AvgIpc) is 2.87. The van der Waals surface area contributed by atoms with Crippen molar-refractivity contribution in [3.8, 4) is 0 Å². The summed E-state index contributed by atoms with van der Waals surface area (Å²) in [5, 5.41) is 12.7. The Morgan fingerprint density at radius 1 is 1.19 bits per heavy atom. The number of pyridine rings is 1. The van der Waals surface area contributed by atoms with Gasteiger partial charge >= 0.3 is 11.9 Å². The fraction of sp³-hybridized carbons (Fsp3) is 0.333. The van der Waals surface area contributed by atoms with E-state index in [-0.39, 0.29) is 22.7 Å². The highest BCUT2D eigenvalue weighted by Gasteiger charge is 2.29. The number of fused-ring (bicyclic) bond motifs is 2. The van der Waals surface area contributed by atoms with Crippen LogP contribution in [0.4, 0.5) is 5.69 Å². The summed E-state index contributed by atoms with van der Waals surface area (Å²) in [6.07, 6.45) is 0.858. The maximum absolute atomic E-state index is 13.6. The number of carboxylic acids is 1. The van der Waals surface area contributed by atoms with Gasteiger partial charge in [-0.05, 0) is 43.7 Å². The third kappa shape index (κ3) is 5.34. The van der Waals surface area contributed by atoms with Crippen LogP contribution in [0.1, 0.15) is 58.7 Å². The minimum Gasteiger partial charge on any atom is -0.478 e. The number of para-hydroxylation sites is 1. The van der Waals surface area contributed by atoms with Crippen molar-refractivity contribution in [1.29, 1.82) is 0 Å². The van der Waals surface area contributed by atoms with Gasteiger partial charge in [-0.3, -0.25) is 14.7 Å². The molecule has 8 nitrogen and oxygen atoms in total. The Kier molecular flexibility index (Phi) is 7.86. The lowest BCUT2D eigenvalue weighted by molar-refractivity contribution is -0.124. The van der Waals surface area contributed by atoms with Crippen LogP contribution < -0.4 is 5.32 Å². The second kappa shape index (κ2) is 11.1. The van der Waals surface area contributed by atoms with Crippen LogP contribution in [0.3, 0.4) is 0 Å². The summed E-state index contributed by atoms with van der Waals surface area (Å²) in [4.78, 5) is 45.0. The molecule has 3 aromatic rings. The maximum atomic E-state index is 13.6. The lowest BCUT2D eigenvalue weighted by Gasteiger charge is -2.30. The molecule has 1 amide bonds. The van der Waals surface area contributed by atoms with Gasteiger partial charge < -0.3 is 15.2 Å². The van der Waals surface area contributed by atoms with E-state index in [0.717, 1.165) is 37.2 Å². The van der Waals surface area contributed by atoms with Gasteiger partial charge in [-0.1, -0.05) is 43.6 Å². The van der Waals surface area contributed by atoms with Crippen LogP contribution in [-0.2, 0) is 22.5 Å². The zero-order valence-corrected chi connectivity index (χ0v) is 21.0. The molecule has 1 unspecified atom stereocenters. The van der Waals surface area contributed by atoms with E-state index >= 15 is 0 Å². The highest BCUT2D eigenvalue weighted by atomic mass is 35.5. The van der Waals surface area contributed by atoms with E-state index in [4.69, 9.17) is 21.3 Å². The average molecular weight is 510 g/mol. The van der Waals surface area contributed by atoms with Crippen LogP contribution in [0.5, 0.6) is 0 Å². The fourth-order valence-corrected chi connectivity index (χ4v) is 4.63. The lowest BCUT2D eigenvalue weighted by atomic mass is 9.95. The van der Waals surface area contributed by atoms with Crippen molar-refractivity contribution in [2.24, 2.45) is 0 Å². The summed E-state index contributed by atoms with van der Waals surface area (Å²) in [6, 6.07) is 11.4. The van der Waals surface area contributed by atoms with Crippen molar-refractivity contribution in [2.45, 2.75) is 45.8 Å². The highest BCUT2D eigenvalue weighted by molar-refractivity contribution is 6.34. The van der Waals surface area contributed by atoms with Crippen LogP contribution in [0.2, 0.25) is 5.02 Å². The molecule has 0 fully saturated rings. The molecule has 1 aliphatic rings. The number of halogens is 1. The summed E-state index contributed by atoms with van der Waals surface area (Å²) in [5.41, 5.74) is 2.98. The number of hydrogen-bond donors (Lipinski definition) is 2. The number of nitrogens with one attached hydrogen (secondary N) is 1. The van der Waals surface area contributed by atoms with Gasteiger partial charge in [0.05, 0.1) is 27.4 Å². The summed E-state index contributed by atoms with van der Waals surface area (Å²) in [7, 11) is 0. The number of carbonyl (C=O) groups is 3. The SMILES string of the molecule is CCCN1CCc2nc3ccccc3c(C(=O)OC(CC)C(=O)Nc3cc(C(=O)O)ccc3Cl)c2C1. The molecule has 0 saturated heterocycles. The Hall–Kier alpha value is -3.49. The molecule has 2 heterocycles.